The monoisotopic (exact) mass is 354 g/mol. The van der Waals surface area contributed by atoms with E-state index in [0.717, 1.165) is 16.8 Å². The molecule has 2 amide bonds. The fraction of sp³-hybridized carbons (Fsp3) is 0.300. The van der Waals surface area contributed by atoms with Gasteiger partial charge in [0.1, 0.15) is 11.9 Å². The molecular formula is C20H22N2O4. The maximum atomic E-state index is 12.0. The van der Waals surface area contributed by atoms with Crippen molar-refractivity contribution >= 4 is 17.7 Å². The Morgan fingerprint density at radius 3 is 2.69 bits per heavy atom. The molecule has 26 heavy (non-hydrogen) atoms. The molecule has 1 aliphatic heterocycles. The van der Waals surface area contributed by atoms with Crippen molar-refractivity contribution < 1.29 is 19.1 Å². The van der Waals surface area contributed by atoms with Gasteiger partial charge in [-0.05, 0) is 43.7 Å². The van der Waals surface area contributed by atoms with Crippen LogP contribution in [0.15, 0.2) is 48.5 Å². The first-order chi connectivity index (χ1) is 12.5. The van der Waals surface area contributed by atoms with Gasteiger partial charge in [0.25, 0.3) is 5.91 Å². The third-order valence-electron chi connectivity index (χ3n) is 4.11. The molecule has 2 aromatic carbocycles. The quantitative estimate of drug-likeness (QED) is 0.866. The Kier molecular flexibility index (Phi) is 5.41. The summed E-state index contributed by atoms with van der Waals surface area (Å²) < 4.78 is 10.8. The molecule has 0 saturated carbocycles. The second-order valence-corrected chi connectivity index (χ2v) is 6.36. The lowest BCUT2D eigenvalue weighted by atomic mass is 10.2. The number of anilines is 1. The van der Waals surface area contributed by atoms with Crippen molar-refractivity contribution in [1.29, 1.82) is 0 Å². The molecule has 6 nitrogen and oxygen atoms in total. The first-order valence-electron chi connectivity index (χ1n) is 8.52. The summed E-state index contributed by atoms with van der Waals surface area (Å²) in [5.74, 6) is 0.388. The molecule has 136 valence electrons. The average molecular weight is 354 g/mol. The van der Waals surface area contributed by atoms with Gasteiger partial charge in [-0.15, -0.1) is 0 Å². The summed E-state index contributed by atoms with van der Waals surface area (Å²) in [5.41, 5.74) is 3.00. The Hall–Kier alpha value is -3.02. The van der Waals surface area contributed by atoms with Gasteiger partial charge in [0.15, 0.2) is 6.61 Å². The number of cyclic esters (lactones) is 1. The number of benzene rings is 2. The summed E-state index contributed by atoms with van der Waals surface area (Å²) in [4.78, 5) is 25.5. The van der Waals surface area contributed by atoms with Crippen molar-refractivity contribution in [3.63, 3.8) is 0 Å². The molecule has 0 aliphatic carbocycles. The van der Waals surface area contributed by atoms with Crippen LogP contribution in [-0.4, -0.2) is 37.8 Å². The first-order valence-corrected chi connectivity index (χ1v) is 8.52. The SMILES string of the molecule is Cc1ccc(OCC(=O)NCC2CN(c3cccc(C)c3)C(=O)O2)cc1. The zero-order valence-electron chi connectivity index (χ0n) is 14.9. The number of amides is 2. The molecule has 1 unspecified atom stereocenters. The Balaban J connectivity index is 1.45. The summed E-state index contributed by atoms with van der Waals surface area (Å²) in [6.45, 7) is 4.53. The van der Waals surface area contributed by atoms with Crippen LogP contribution in [0.1, 0.15) is 11.1 Å². The largest absolute Gasteiger partial charge is 0.484 e. The van der Waals surface area contributed by atoms with Crippen molar-refractivity contribution in [2.24, 2.45) is 0 Å². The summed E-state index contributed by atoms with van der Waals surface area (Å²) >= 11 is 0. The van der Waals surface area contributed by atoms with Crippen LogP contribution < -0.4 is 15.0 Å². The topological polar surface area (TPSA) is 67.9 Å². The molecule has 1 aliphatic rings. The number of hydrogen-bond acceptors (Lipinski definition) is 4. The third-order valence-corrected chi connectivity index (χ3v) is 4.11. The van der Waals surface area contributed by atoms with Gasteiger partial charge in [0.05, 0.1) is 13.1 Å². The van der Waals surface area contributed by atoms with E-state index in [2.05, 4.69) is 5.32 Å². The van der Waals surface area contributed by atoms with Gasteiger partial charge in [0.2, 0.25) is 0 Å². The molecule has 1 saturated heterocycles. The molecule has 1 heterocycles. The molecular weight excluding hydrogens is 332 g/mol. The lowest BCUT2D eigenvalue weighted by Crippen LogP contribution is -2.37. The summed E-state index contributed by atoms with van der Waals surface area (Å²) in [7, 11) is 0. The summed E-state index contributed by atoms with van der Waals surface area (Å²) in [6, 6.07) is 15.1. The maximum absolute atomic E-state index is 12.0. The maximum Gasteiger partial charge on any atom is 0.414 e. The fourth-order valence-electron chi connectivity index (χ4n) is 2.70. The zero-order chi connectivity index (χ0) is 18.5. The van der Waals surface area contributed by atoms with Crippen LogP contribution in [0, 0.1) is 13.8 Å². The van der Waals surface area contributed by atoms with Crippen LogP contribution in [0.5, 0.6) is 5.75 Å². The predicted octanol–water partition coefficient (Wildman–Crippen LogP) is 2.82. The minimum absolute atomic E-state index is 0.0781. The van der Waals surface area contributed by atoms with Gasteiger partial charge >= 0.3 is 6.09 Å². The highest BCUT2D eigenvalue weighted by Gasteiger charge is 2.32. The van der Waals surface area contributed by atoms with Crippen LogP contribution >= 0.6 is 0 Å². The first kappa shape index (κ1) is 17.8. The molecule has 0 bridgehead atoms. The molecule has 0 radical (unpaired) electrons. The van der Waals surface area contributed by atoms with E-state index in [-0.39, 0.29) is 25.2 Å². The van der Waals surface area contributed by atoms with Gasteiger partial charge in [-0.2, -0.15) is 0 Å². The number of nitrogens with zero attached hydrogens (tertiary/aromatic N) is 1. The Morgan fingerprint density at radius 2 is 1.96 bits per heavy atom. The van der Waals surface area contributed by atoms with E-state index in [4.69, 9.17) is 9.47 Å². The Bertz CT molecular complexity index is 789. The van der Waals surface area contributed by atoms with Crippen LogP contribution in [0.25, 0.3) is 0 Å². The van der Waals surface area contributed by atoms with E-state index in [1.54, 1.807) is 4.90 Å². The van der Waals surface area contributed by atoms with Gasteiger partial charge in [0, 0.05) is 5.69 Å². The molecule has 0 aromatic heterocycles. The second kappa shape index (κ2) is 7.91. The number of carbonyl (C=O) groups excluding carboxylic acids is 2. The number of nitrogens with one attached hydrogen (secondary N) is 1. The van der Waals surface area contributed by atoms with E-state index in [9.17, 15) is 9.59 Å². The lowest BCUT2D eigenvalue weighted by Gasteiger charge is -2.13. The summed E-state index contributed by atoms with van der Waals surface area (Å²) in [5, 5.41) is 2.74. The van der Waals surface area contributed by atoms with Gasteiger partial charge in [-0.3, -0.25) is 9.69 Å². The van der Waals surface area contributed by atoms with Crippen molar-refractivity contribution in [3.8, 4) is 5.75 Å². The van der Waals surface area contributed by atoms with Crippen molar-refractivity contribution in [2.75, 3.05) is 24.6 Å². The third kappa shape index (κ3) is 4.53. The van der Waals surface area contributed by atoms with Gasteiger partial charge < -0.3 is 14.8 Å². The van der Waals surface area contributed by atoms with E-state index in [0.29, 0.717) is 12.3 Å². The average Bonchev–Trinajstić information content (AvgIpc) is 3.00. The van der Waals surface area contributed by atoms with Crippen LogP contribution in [0.4, 0.5) is 10.5 Å². The minimum Gasteiger partial charge on any atom is -0.484 e. The molecule has 1 fully saturated rings. The molecule has 6 heteroatoms. The second-order valence-electron chi connectivity index (χ2n) is 6.36. The van der Waals surface area contributed by atoms with Gasteiger partial charge in [-0.25, -0.2) is 4.79 Å². The Labute approximate surface area is 152 Å². The van der Waals surface area contributed by atoms with E-state index in [1.165, 1.54) is 0 Å². The van der Waals surface area contributed by atoms with Crippen LogP contribution in [0.3, 0.4) is 0 Å². The smallest absolute Gasteiger partial charge is 0.414 e. The highest BCUT2D eigenvalue weighted by atomic mass is 16.6. The number of aryl methyl sites for hydroxylation is 2. The van der Waals surface area contributed by atoms with Crippen molar-refractivity contribution in [1.82, 2.24) is 5.32 Å². The van der Waals surface area contributed by atoms with Crippen LogP contribution in [-0.2, 0) is 9.53 Å². The standard InChI is InChI=1S/C20H22N2O4/c1-14-6-8-17(9-7-14)25-13-19(23)21-11-18-12-22(20(24)26-18)16-5-3-4-15(2)10-16/h3-10,18H,11-13H2,1-2H3,(H,21,23). The number of ether oxygens (including phenoxy) is 2. The number of hydrogen-bond donors (Lipinski definition) is 1. The van der Waals surface area contributed by atoms with Crippen molar-refractivity contribution in [3.05, 3.63) is 59.7 Å². The molecule has 3 rings (SSSR count). The van der Waals surface area contributed by atoms with E-state index in [1.807, 2.05) is 62.4 Å². The zero-order valence-corrected chi connectivity index (χ0v) is 14.9. The Morgan fingerprint density at radius 1 is 1.19 bits per heavy atom. The predicted molar refractivity (Wildman–Crippen MR) is 98.5 cm³/mol. The molecule has 2 aromatic rings. The minimum atomic E-state index is -0.397. The van der Waals surface area contributed by atoms with E-state index < -0.39 is 6.09 Å². The van der Waals surface area contributed by atoms with Crippen molar-refractivity contribution in [2.45, 2.75) is 20.0 Å². The molecule has 1 N–H and O–H groups in total. The fourth-order valence-corrected chi connectivity index (χ4v) is 2.70. The molecule has 0 spiro atoms. The number of carbonyl (C=O) groups is 2. The van der Waals surface area contributed by atoms with Crippen LogP contribution in [0.2, 0.25) is 0 Å². The molecule has 1 atom stereocenters. The lowest BCUT2D eigenvalue weighted by molar-refractivity contribution is -0.123. The van der Waals surface area contributed by atoms with Gasteiger partial charge in [-0.1, -0.05) is 29.8 Å². The normalized spacial score (nSPS) is 16.3. The summed E-state index contributed by atoms with van der Waals surface area (Å²) in [6.07, 6.45) is -0.780. The van der Waals surface area contributed by atoms with E-state index >= 15 is 0 Å². The highest BCUT2D eigenvalue weighted by molar-refractivity contribution is 5.90. The number of rotatable bonds is 6. The highest BCUT2D eigenvalue weighted by Crippen LogP contribution is 2.22.